The Morgan fingerprint density at radius 3 is 3.12 bits per heavy atom. The van der Waals surface area contributed by atoms with Crippen LogP contribution >= 0.6 is 0 Å². The van der Waals surface area contributed by atoms with Gasteiger partial charge in [-0.15, -0.1) is 0 Å². The van der Waals surface area contributed by atoms with Crippen molar-refractivity contribution in [2.75, 3.05) is 7.11 Å². The number of hydrogen-bond donors (Lipinski definition) is 1. The highest BCUT2D eigenvalue weighted by atomic mass is 16.5. The highest BCUT2D eigenvalue weighted by Gasteiger charge is 2.26. The van der Waals surface area contributed by atoms with Gasteiger partial charge in [0, 0.05) is 24.1 Å². The van der Waals surface area contributed by atoms with Crippen molar-refractivity contribution in [1.82, 2.24) is 5.16 Å². The van der Waals surface area contributed by atoms with Gasteiger partial charge in [-0.1, -0.05) is 11.2 Å². The first-order chi connectivity index (χ1) is 7.83. The molecule has 1 aliphatic carbocycles. The van der Waals surface area contributed by atoms with E-state index < -0.39 is 0 Å². The normalized spacial score (nSPS) is 12.4. The Labute approximate surface area is 93.0 Å². The predicted octanol–water partition coefficient (Wildman–Crippen LogP) is 1.71. The van der Waals surface area contributed by atoms with Crippen molar-refractivity contribution in [2.24, 2.45) is 5.73 Å². The van der Waals surface area contributed by atoms with E-state index in [9.17, 15) is 0 Å². The van der Waals surface area contributed by atoms with Gasteiger partial charge in [0.25, 0.3) is 0 Å². The fourth-order valence-electron chi connectivity index (χ4n) is 2.14. The molecule has 1 heterocycles. The summed E-state index contributed by atoms with van der Waals surface area (Å²) in [6.07, 6.45) is 0.852. The molecule has 0 amide bonds. The van der Waals surface area contributed by atoms with Gasteiger partial charge in [-0.2, -0.15) is 0 Å². The van der Waals surface area contributed by atoms with Gasteiger partial charge >= 0.3 is 0 Å². The summed E-state index contributed by atoms with van der Waals surface area (Å²) in [7, 11) is 1.66. The van der Waals surface area contributed by atoms with E-state index in [1.165, 1.54) is 5.56 Å². The third kappa shape index (κ3) is 1.17. The molecule has 0 saturated heterocycles. The summed E-state index contributed by atoms with van der Waals surface area (Å²) in [5, 5.41) is 3.97. The number of benzene rings is 1. The lowest BCUT2D eigenvalue weighted by Crippen LogP contribution is -1.99. The lowest BCUT2D eigenvalue weighted by atomic mass is 10.1. The van der Waals surface area contributed by atoms with Crippen molar-refractivity contribution in [3.63, 3.8) is 0 Å². The van der Waals surface area contributed by atoms with Crippen LogP contribution in [0.4, 0.5) is 0 Å². The maximum absolute atomic E-state index is 5.61. The van der Waals surface area contributed by atoms with Gasteiger partial charge in [-0.3, -0.25) is 0 Å². The molecular formula is C12H12N2O2. The van der Waals surface area contributed by atoms with E-state index in [0.29, 0.717) is 6.54 Å². The molecule has 0 spiro atoms. The second-order valence-electron chi connectivity index (χ2n) is 3.84. The van der Waals surface area contributed by atoms with E-state index in [1.54, 1.807) is 7.11 Å². The summed E-state index contributed by atoms with van der Waals surface area (Å²) >= 11 is 0. The van der Waals surface area contributed by atoms with Crippen LogP contribution in [0.5, 0.6) is 5.75 Å². The zero-order chi connectivity index (χ0) is 11.1. The van der Waals surface area contributed by atoms with Crippen LogP contribution in [0.2, 0.25) is 0 Å². The van der Waals surface area contributed by atoms with E-state index in [0.717, 1.165) is 34.8 Å². The largest absolute Gasteiger partial charge is 0.497 e. The van der Waals surface area contributed by atoms with E-state index in [-0.39, 0.29) is 0 Å². The van der Waals surface area contributed by atoms with Crippen LogP contribution in [0.3, 0.4) is 0 Å². The third-order valence-electron chi connectivity index (χ3n) is 2.99. The van der Waals surface area contributed by atoms with E-state index >= 15 is 0 Å². The number of hydrogen-bond acceptors (Lipinski definition) is 4. The van der Waals surface area contributed by atoms with Gasteiger partial charge < -0.3 is 15.0 Å². The number of fused-ring (bicyclic) bond motifs is 3. The quantitative estimate of drug-likeness (QED) is 0.708. The molecule has 82 valence electrons. The van der Waals surface area contributed by atoms with Crippen LogP contribution in [-0.2, 0) is 13.0 Å². The summed E-state index contributed by atoms with van der Waals surface area (Å²) in [4.78, 5) is 0. The maximum Gasteiger partial charge on any atom is 0.171 e. The zero-order valence-corrected chi connectivity index (χ0v) is 8.99. The average Bonchev–Trinajstić information content (AvgIpc) is 2.86. The Hall–Kier alpha value is -1.81. The van der Waals surface area contributed by atoms with Crippen LogP contribution in [0.25, 0.3) is 11.3 Å². The molecule has 4 nitrogen and oxygen atoms in total. The number of ether oxygens (including phenoxy) is 1. The van der Waals surface area contributed by atoms with Crippen LogP contribution in [0.1, 0.15) is 16.8 Å². The molecule has 2 aromatic rings. The minimum absolute atomic E-state index is 0.421. The second kappa shape index (κ2) is 3.35. The molecule has 0 bridgehead atoms. The Balaban J connectivity index is 2.16. The Morgan fingerprint density at radius 2 is 2.38 bits per heavy atom. The molecule has 1 aromatic carbocycles. The summed E-state index contributed by atoms with van der Waals surface area (Å²) in [6, 6.07) is 6.00. The predicted molar refractivity (Wildman–Crippen MR) is 59.2 cm³/mol. The van der Waals surface area contributed by atoms with Crippen molar-refractivity contribution in [3.8, 4) is 17.1 Å². The summed E-state index contributed by atoms with van der Waals surface area (Å²) < 4.78 is 10.5. The molecule has 0 saturated carbocycles. The lowest BCUT2D eigenvalue weighted by molar-refractivity contribution is 0.412. The second-order valence-corrected chi connectivity index (χ2v) is 3.84. The van der Waals surface area contributed by atoms with Gasteiger partial charge in [0.1, 0.15) is 11.4 Å². The van der Waals surface area contributed by atoms with Crippen LogP contribution in [0, 0.1) is 0 Å². The fraction of sp³-hybridized carbons (Fsp3) is 0.250. The van der Waals surface area contributed by atoms with E-state index in [1.807, 2.05) is 12.1 Å². The van der Waals surface area contributed by atoms with Gasteiger partial charge in [-0.25, -0.2) is 0 Å². The summed E-state index contributed by atoms with van der Waals surface area (Å²) in [6.45, 7) is 0.421. The first-order valence-corrected chi connectivity index (χ1v) is 5.18. The number of nitrogens with zero attached hydrogens (tertiary/aromatic N) is 1. The fourth-order valence-corrected chi connectivity index (χ4v) is 2.14. The van der Waals surface area contributed by atoms with Crippen LogP contribution in [0.15, 0.2) is 22.7 Å². The van der Waals surface area contributed by atoms with Gasteiger partial charge in [0.15, 0.2) is 5.76 Å². The first kappa shape index (κ1) is 9.42. The highest BCUT2D eigenvalue weighted by Crippen LogP contribution is 2.39. The maximum atomic E-state index is 5.61. The monoisotopic (exact) mass is 216 g/mol. The standard InChI is InChI=1S/C12H12N2O2/c1-15-8-3-2-7-4-10-11(6-13)14-16-12(10)9(7)5-8/h2-3,5H,4,6,13H2,1H3. The molecule has 0 aliphatic heterocycles. The van der Waals surface area contributed by atoms with Gasteiger partial charge in [0.05, 0.1) is 7.11 Å². The Kier molecular flexibility index (Phi) is 1.97. The minimum Gasteiger partial charge on any atom is -0.497 e. The lowest BCUT2D eigenvalue weighted by Gasteiger charge is -2.02. The molecule has 4 heteroatoms. The number of methoxy groups -OCH3 is 1. The molecule has 1 aromatic heterocycles. The SMILES string of the molecule is COc1ccc2c(c1)-c1onc(CN)c1C2. The van der Waals surface area contributed by atoms with E-state index in [2.05, 4.69) is 11.2 Å². The van der Waals surface area contributed by atoms with Crippen molar-refractivity contribution in [1.29, 1.82) is 0 Å². The first-order valence-electron chi connectivity index (χ1n) is 5.18. The van der Waals surface area contributed by atoms with Crippen molar-refractivity contribution in [3.05, 3.63) is 35.0 Å². The van der Waals surface area contributed by atoms with Gasteiger partial charge in [0.2, 0.25) is 0 Å². The molecule has 3 rings (SSSR count). The molecule has 0 radical (unpaired) electrons. The highest BCUT2D eigenvalue weighted by molar-refractivity contribution is 5.74. The number of rotatable bonds is 2. The number of nitrogens with two attached hydrogens (primary N) is 1. The smallest absolute Gasteiger partial charge is 0.171 e. The molecule has 1 aliphatic rings. The Morgan fingerprint density at radius 1 is 1.50 bits per heavy atom. The third-order valence-corrected chi connectivity index (χ3v) is 2.99. The minimum atomic E-state index is 0.421. The summed E-state index contributed by atoms with van der Waals surface area (Å²) in [5.41, 5.74) is 9.89. The molecule has 0 fully saturated rings. The topological polar surface area (TPSA) is 61.3 Å². The average molecular weight is 216 g/mol. The number of aromatic nitrogens is 1. The van der Waals surface area contributed by atoms with Crippen molar-refractivity contribution >= 4 is 0 Å². The van der Waals surface area contributed by atoms with Crippen molar-refractivity contribution < 1.29 is 9.26 Å². The van der Waals surface area contributed by atoms with E-state index in [4.69, 9.17) is 15.0 Å². The molecular weight excluding hydrogens is 204 g/mol. The molecule has 2 N–H and O–H groups in total. The Bertz CT molecular complexity index is 546. The van der Waals surface area contributed by atoms with Crippen LogP contribution < -0.4 is 10.5 Å². The zero-order valence-electron chi connectivity index (χ0n) is 8.99. The summed E-state index contributed by atoms with van der Waals surface area (Å²) in [5.74, 6) is 1.67. The van der Waals surface area contributed by atoms with Crippen molar-refractivity contribution in [2.45, 2.75) is 13.0 Å². The molecule has 0 unspecified atom stereocenters. The molecule has 16 heavy (non-hydrogen) atoms. The van der Waals surface area contributed by atoms with Crippen LogP contribution in [-0.4, -0.2) is 12.3 Å². The molecule has 0 atom stereocenters. The van der Waals surface area contributed by atoms with Gasteiger partial charge in [-0.05, 0) is 17.7 Å².